The first-order chi connectivity index (χ1) is 8.79. The summed E-state index contributed by atoms with van der Waals surface area (Å²) >= 11 is 1.81. The molecule has 0 aliphatic carbocycles. The summed E-state index contributed by atoms with van der Waals surface area (Å²) in [6.45, 7) is 13.6. The Morgan fingerprint density at radius 3 is 2.32 bits per heavy atom. The third kappa shape index (κ3) is 3.79. The number of hydrogen-bond acceptors (Lipinski definition) is 3. The second-order valence-electron chi connectivity index (χ2n) is 6.69. The van der Waals surface area contributed by atoms with E-state index in [0.29, 0.717) is 0 Å². The summed E-state index contributed by atoms with van der Waals surface area (Å²) in [5.74, 6) is 0.717. The maximum absolute atomic E-state index is 4.94. The summed E-state index contributed by atoms with van der Waals surface area (Å²) in [5, 5.41) is 7.04. The van der Waals surface area contributed by atoms with Crippen LogP contribution in [0.25, 0.3) is 0 Å². The minimum absolute atomic E-state index is 0.0452. The van der Waals surface area contributed by atoms with E-state index in [1.54, 1.807) is 0 Å². The summed E-state index contributed by atoms with van der Waals surface area (Å²) in [6.07, 6.45) is 3.47. The highest BCUT2D eigenvalue weighted by molar-refractivity contribution is 7.09. The molecule has 0 aliphatic rings. The van der Waals surface area contributed by atoms with Crippen LogP contribution in [0.5, 0.6) is 0 Å². The van der Waals surface area contributed by atoms with Gasteiger partial charge in [-0.2, -0.15) is 0 Å². The Labute approximate surface area is 123 Å². The monoisotopic (exact) mass is 282 g/mol. The van der Waals surface area contributed by atoms with Crippen LogP contribution >= 0.6 is 11.3 Å². The lowest BCUT2D eigenvalue weighted by Gasteiger charge is -2.33. The molecule has 0 saturated heterocycles. The first-order valence-electron chi connectivity index (χ1n) is 7.44. The van der Waals surface area contributed by atoms with Gasteiger partial charge in [-0.05, 0) is 25.8 Å². The molecule has 1 N–H and O–H groups in total. The minimum Gasteiger partial charge on any atom is -0.308 e. The van der Waals surface area contributed by atoms with E-state index in [9.17, 15) is 0 Å². The van der Waals surface area contributed by atoms with Crippen molar-refractivity contribution in [1.29, 1.82) is 0 Å². The molecule has 0 bridgehead atoms. The molecule has 1 rings (SSSR count). The fourth-order valence-corrected chi connectivity index (χ4v) is 3.68. The molecule has 0 aromatic carbocycles. The average molecular weight is 282 g/mol. The number of hydrogen-bond donors (Lipinski definition) is 1. The van der Waals surface area contributed by atoms with Crippen molar-refractivity contribution in [3.05, 3.63) is 16.1 Å². The molecule has 3 heteroatoms. The van der Waals surface area contributed by atoms with E-state index in [0.717, 1.165) is 18.8 Å². The largest absolute Gasteiger partial charge is 0.308 e. The van der Waals surface area contributed by atoms with E-state index in [1.807, 2.05) is 11.3 Å². The van der Waals surface area contributed by atoms with E-state index in [4.69, 9.17) is 4.98 Å². The molecule has 1 aromatic heterocycles. The molecule has 0 fully saturated rings. The number of aromatic nitrogens is 1. The van der Waals surface area contributed by atoms with Crippen molar-refractivity contribution in [2.45, 2.75) is 71.8 Å². The highest BCUT2D eigenvalue weighted by atomic mass is 32.1. The van der Waals surface area contributed by atoms with Gasteiger partial charge in [0.15, 0.2) is 0 Å². The Morgan fingerprint density at radius 1 is 1.32 bits per heavy atom. The molecule has 19 heavy (non-hydrogen) atoms. The van der Waals surface area contributed by atoms with Crippen LogP contribution in [0.2, 0.25) is 0 Å². The van der Waals surface area contributed by atoms with Crippen LogP contribution < -0.4 is 5.32 Å². The Kier molecular flexibility index (Phi) is 5.57. The molecule has 2 atom stereocenters. The smallest absolute Gasteiger partial charge is 0.113 e. The van der Waals surface area contributed by atoms with Crippen molar-refractivity contribution in [3.63, 3.8) is 0 Å². The summed E-state index contributed by atoms with van der Waals surface area (Å²) in [4.78, 5) is 4.94. The predicted molar refractivity (Wildman–Crippen MR) is 85.9 cm³/mol. The standard InChI is InChI=1S/C16H30N2S/c1-8-12(3)10-16(9-2,17-7)14-18-13(11-19-14)15(4,5)6/h11-12,17H,8-10H2,1-7H3. The molecule has 0 spiro atoms. The molecule has 0 amide bonds. The molecular formula is C16H30N2S. The van der Waals surface area contributed by atoms with Gasteiger partial charge in [0.25, 0.3) is 0 Å². The highest BCUT2D eigenvalue weighted by Crippen LogP contribution is 2.36. The Hall–Kier alpha value is -0.410. The maximum Gasteiger partial charge on any atom is 0.113 e. The second-order valence-corrected chi connectivity index (χ2v) is 7.55. The Balaban J connectivity index is 3.08. The van der Waals surface area contributed by atoms with E-state index >= 15 is 0 Å². The van der Waals surface area contributed by atoms with Gasteiger partial charge in [-0.15, -0.1) is 11.3 Å². The highest BCUT2D eigenvalue weighted by Gasteiger charge is 2.34. The lowest BCUT2D eigenvalue weighted by molar-refractivity contribution is 0.265. The molecule has 1 heterocycles. The zero-order valence-corrected chi connectivity index (χ0v) is 14.4. The molecular weight excluding hydrogens is 252 g/mol. The first-order valence-corrected chi connectivity index (χ1v) is 8.32. The van der Waals surface area contributed by atoms with Gasteiger partial charge < -0.3 is 5.32 Å². The van der Waals surface area contributed by atoms with Crippen LogP contribution in [-0.4, -0.2) is 12.0 Å². The summed E-state index contributed by atoms with van der Waals surface area (Å²) < 4.78 is 0. The van der Waals surface area contributed by atoms with Crippen LogP contribution in [0, 0.1) is 5.92 Å². The van der Waals surface area contributed by atoms with E-state index in [1.165, 1.54) is 17.1 Å². The van der Waals surface area contributed by atoms with Crippen LogP contribution in [0.4, 0.5) is 0 Å². The zero-order chi connectivity index (χ0) is 14.7. The van der Waals surface area contributed by atoms with Crippen LogP contribution in [0.15, 0.2) is 5.38 Å². The predicted octanol–water partition coefficient (Wildman–Crippen LogP) is 4.70. The average Bonchev–Trinajstić information content (AvgIpc) is 2.85. The summed E-state index contributed by atoms with van der Waals surface area (Å²) in [5.41, 5.74) is 1.40. The number of nitrogens with one attached hydrogen (secondary N) is 1. The molecule has 2 nitrogen and oxygen atoms in total. The van der Waals surface area contributed by atoms with Crippen molar-refractivity contribution in [2.75, 3.05) is 7.05 Å². The zero-order valence-electron chi connectivity index (χ0n) is 13.6. The SMILES string of the molecule is CCC(C)CC(CC)(NC)c1nc(C(C)(C)C)cs1. The van der Waals surface area contributed by atoms with Gasteiger partial charge >= 0.3 is 0 Å². The van der Waals surface area contributed by atoms with Gasteiger partial charge in [0, 0.05) is 10.8 Å². The topological polar surface area (TPSA) is 24.9 Å². The van der Waals surface area contributed by atoms with Crippen molar-refractivity contribution in [3.8, 4) is 0 Å². The fourth-order valence-electron chi connectivity index (χ4n) is 2.35. The quantitative estimate of drug-likeness (QED) is 0.818. The lowest BCUT2D eigenvalue weighted by atomic mass is 9.85. The molecule has 1 aromatic rings. The Bertz CT molecular complexity index is 386. The Morgan fingerprint density at radius 2 is 1.95 bits per heavy atom. The second kappa shape index (κ2) is 6.36. The van der Waals surface area contributed by atoms with Crippen molar-refractivity contribution >= 4 is 11.3 Å². The molecule has 0 radical (unpaired) electrons. The van der Waals surface area contributed by atoms with E-state index < -0.39 is 0 Å². The van der Waals surface area contributed by atoms with Gasteiger partial charge in [-0.25, -0.2) is 4.98 Å². The lowest BCUT2D eigenvalue weighted by Crippen LogP contribution is -2.41. The third-order valence-corrected chi connectivity index (χ3v) is 5.20. The van der Waals surface area contributed by atoms with E-state index in [2.05, 4.69) is 59.3 Å². The van der Waals surface area contributed by atoms with Gasteiger partial charge in [-0.1, -0.05) is 48.0 Å². The van der Waals surface area contributed by atoms with E-state index in [-0.39, 0.29) is 11.0 Å². The molecule has 2 unspecified atom stereocenters. The van der Waals surface area contributed by atoms with Gasteiger partial charge in [0.05, 0.1) is 11.2 Å². The molecule has 0 saturated carbocycles. The van der Waals surface area contributed by atoms with Gasteiger partial charge in [0.2, 0.25) is 0 Å². The van der Waals surface area contributed by atoms with Gasteiger partial charge in [0.1, 0.15) is 5.01 Å². The van der Waals surface area contributed by atoms with Crippen molar-refractivity contribution < 1.29 is 0 Å². The van der Waals surface area contributed by atoms with Crippen LogP contribution in [0.3, 0.4) is 0 Å². The maximum atomic E-state index is 4.94. The molecule has 110 valence electrons. The normalized spacial score (nSPS) is 17.2. The summed E-state index contributed by atoms with van der Waals surface area (Å²) in [6, 6.07) is 0. The third-order valence-electron chi connectivity index (χ3n) is 4.16. The number of thiazole rings is 1. The van der Waals surface area contributed by atoms with Crippen LogP contribution in [0.1, 0.15) is 71.5 Å². The number of nitrogens with zero attached hydrogens (tertiary/aromatic N) is 1. The minimum atomic E-state index is 0.0452. The van der Waals surface area contributed by atoms with Gasteiger partial charge in [-0.3, -0.25) is 0 Å². The van der Waals surface area contributed by atoms with Crippen molar-refractivity contribution in [1.82, 2.24) is 10.3 Å². The summed E-state index contributed by atoms with van der Waals surface area (Å²) in [7, 11) is 2.07. The fraction of sp³-hybridized carbons (Fsp3) is 0.812. The first kappa shape index (κ1) is 16.6. The van der Waals surface area contributed by atoms with Crippen molar-refractivity contribution in [2.24, 2.45) is 5.92 Å². The number of rotatable bonds is 6. The molecule has 0 aliphatic heterocycles. The van der Waals surface area contributed by atoms with Crippen LogP contribution in [-0.2, 0) is 11.0 Å².